The number of benzene rings is 1. The fraction of sp³-hybridized carbons (Fsp3) is 0.440. The normalized spacial score (nSPS) is 18.1. The Labute approximate surface area is 199 Å². The Morgan fingerprint density at radius 3 is 2.73 bits per heavy atom. The maximum absolute atomic E-state index is 12.4. The number of aliphatic imine (C=N–C) groups is 1. The molecule has 1 unspecified atom stereocenters. The second-order valence-corrected chi connectivity index (χ2v) is 9.69. The van der Waals surface area contributed by atoms with Crippen LogP contribution in [0, 0.1) is 0 Å². The highest BCUT2D eigenvalue weighted by molar-refractivity contribution is 8.00. The molecular formula is C25H33N3O4S. The lowest BCUT2D eigenvalue weighted by Crippen LogP contribution is -2.41. The number of hydrogen-bond acceptors (Lipinski definition) is 6. The number of carbonyl (C=O) groups excluding carboxylic acids is 1. The molecule has 1 aromatic rings. The van der Waals surface area contributed by atoms with Gasteiger partial charge in [-0.3, -0.25) is 4.99 Å². The van der Waals surface area contributed by atoms with E-state index in [1.54, 1.807) is 32.0 Å². The molecule has 2 heterocycles. The van der Waals surface area contributed by atoms with Crippen LogP contribution in [0.4, 0.5) is 4.79 Å². The van der Waals surface area contributed by atoms with Gasteiger partial charge in [0.25, 0.3) is 0 Å². The van der Waals surface area contributed by atoms with Crippen molar-refractivity contribution < 1.29 is 19.7 Å². The lowest BCUT2D eigenvalue weighted by Gasteiger charge is -2.20. The van der Waals surface area contributed by atoms with Gasteiger partial charge in [0.1, 0.15) is 23.3 Å². The topological polar surface area (TPSA) is 94.4 Å². The van der Waals surface area contributed by atoms with E-state index in [2.05, 4.69) is 23.0 Å². The molecule has 1 atom stereocenters. The second-order valence-electron chi connectivity index (χ2n) is 8.55. The molecule has 2 aliphatic heterocycles. The summed E-state index contributed by atoms with van der Waals surface area (Å²) in [5.74, 6) is 0.632. The number of hydrogen-bond donors (Lipinski definition) is 3. The average Bonchev–Trinajstić information content (AvgIpc) is 3.04. The maximum atomic E-state index is 12.4. The number of amides is 2. The predicted octanol–water partition coefficient (Wildman–Crippen LogP) is 4.07. The Balaban J connectivity index is 1.96. The summed E-state index contributed by atoms with van der Waals surface area (Å²) in [4.78, 5) is 19.5. The molecule has 0 bridgehead atoms. The Bertz CT molecular complexity index is 1010. The highest BCUT2D eigenvalue weighted by Gasteiger charge is 2.30. The van der Waals surface area contributed by atoms with Gasteiger partial charge in [0.05, 0.1) is 12.3 Å². The molecule has 0 fully saturated rings. The van der Waals surface area contributed by atoms with Crippen molar-refractivity contribution in [2.75, 3.05) is 26.8 Å². The number of nitrogens with zero attached hydrogens (tertiary/aromatic N) is 2. The van der Waals surface area contributed by atoms with Gasteiger partial charge in [-0.2, -0.15) is 0 Å². The first kappa shape index (κ1) is 25.1. The van der Waals surface area contributed by atoms with Gasteiger partial charge in [-0.05, 0) is 62.5 Å². The summed E-state index contributed by atoms with van der Waals surface area (Å²) in [5.41, 5.74) is 3.07. The molecule has 8 heteroatoms. The van der Waals surface area contributed by atoms with Crippen LogP contribution in [-0.4, -0.2) is 65.1 Å². The smallest absolute Gasteiger partial charge is 0.318 e. The number of urea groups is 1. The zero-order chi connectivity index (χ0) is 24.2. The molecular weight excluding hydrogens is 438 g/mol. The van der Waals surface area contributed by atoms with Crippen LogP contribution in [0.25, 0.3) is 11.1 Å². The van der Waals surface area contributed by atoms with Crippen molar-refractivity contribution in [2.45, 2.75) is 49.5 Å². The average molecular weight is 472 g/mol. The van der Waals surface area contributed by atoms with Gasteiger partial charge in [-0.1, -0.05) is 30.5 Å². The van der Waals surface area contributed by atoms with Crippen LogP contribution in [0.1, 0.15) is 44.7 Å². The number of carbonyl (C=O) groups is 1. The van der Waals surface area contributed by atoms with E-state index in [4.69, 9.17) is 4.74 Å². The highest BCUT2D eigenvalue weighted by Crippen LogP contribution is 2.46. The fourth-order valence-corrected chi connectivity index (χ4v) is 4.70. The van der Waals surface area contributed by atoms with Crippen molar-refractivity contribution in [3.05, 3.63) is 47.7 Å². The van der Waals surface area contributed by atoms with Gasteiger partial charge in [-0.15, -0.1) is 0 Å². The van der Waals surface area contributed by atoms with Crippen molar-refractivity contribution in [3.63, 3.8) is 0 Å². The Hall–Kier alpha value is -2.55. The number of allylic oxidation sites excluding steroid dienone is 3. The molecule has 0 aromatic heterocycles. The van der Waals surface area contributed by atoms with Gasteiger partial charge in [0.15, 0.2) is 0 Å². The lowest BCUT2D eigenvalue weighted by atomic mass is 9.96. The summed E-state index contributed by atoms with van der Waals surface area (Å²) in [5, 5.41) is 22.5. The van der Waals surface area contributed by atoms with E-state index < -0.39 is 5.60 Å². The Morgan fingerprint density at radius 2 is 2.06 bits per heavy atom. The SMILES string of the molecule is C=C1c2cc(C3=CCCC=C(C(C)(C)O)N=C3)c(OCCO)cc2SC1NC(=O)N(C)CC. The Kier molecular flexibility index (Phi) is 8.05. The van der Waals surface area contributed by atoms with Crippen LogP contribution >= 0.6 is 11.8 Å². The first-order valence-electron chi connectivity index (χ1n) is 11.1. The minimum absolute atomic E-state index is 0.100. The van der Waals surface area contributed by atoms with E-state index >= 15 is 0 Å². The van der Waals surface area contributed by atoms with Crippen LogP contribution < -0.4 is 10.1 Å². The molecule has 0 saturated carbocycles. The number of fused-ring (bicyclic) bond motifs is 1. The maximum Gasteiger partial charge on any atom is 0.318 e. The molecule has 3 N–H and O–H groups in total. The van der Waals surface area contributed by atoms with Crippen molar-refractivity contribution in [2.24, 2.45) is 4.99 Å². The molecule has 2 amide bonds. The van der Waals surface area contributed by atoms with E-state index in [9.17, 15) is 15.0 Å². The first-order valence-corrected chi connectivity index (χ1v) is 12.0. The number of aliphatic hydroxyl groups is 2. The monoisotopic (exact) mass is 471 g/mol. The second kappa shape index (κ2) is 10.6. The lowest BCUT2D eigenvalue weighted by molar-refractivity contribution is 0.118. The van der Waals surface area contributed by atoms with E-state index in [0.717, 1.165) is 40.0 Å². The Morgan fingerprint density at radius 1 is 1.33 bits per heavy atom. The molecule has 0 saturated heterocycles. The van der Waals surface area contributed by atoms with E-state index in [0.29, 0.717) is 18.0 Å². The number of thioether (sulfide) groups is 1. The first-order chi connectivity index (χ1) is 15.7. The molecule has 7 nitrogen and oxygen atoms in total. The predicted molar refractivity (Wildman–Crippen MR) is 135 cm³/mol. The number of ether oxygens (including phenoxy) is 1. The van der Waals surface area contributed by atoms with Crippen LogP contribution in [0.15, 0.2) is 46.4 Å². The largest absolute Gasteiger partial charge is 0.491 e. The van der Waals surface area contributed by atoms with Crippen LogP contribution in [0.3, 0.4) is 0 Å². The minimum Gasteiger partial charge on any atom is -0.491 e. The molecule has 2 aliphatic rings. The summed E-state index contributed by atoms with van der Waals surface area (Å²) in [6, 6.07) is 3.80. The van der Waals surface area contributed by atoms with Crippen molar-refractivity contribution >= 4 is 35.2 Å². The quantitative estimate of drug-likeness (QED) is 0.557. The van der Waals surface area contributed by atoms with Crippen molar-refractivity contribution in [1.29, 1.82) is 0 Å². The zero-order valence-electron chi connectivity index (χ0n) is 19.7. The number of aliphatic hydroxyl groups excluding tert-OH is 1. The molecule has 1 aromatic carbocycles. The van der Waals surface area contributed by atoms with E-state index in [1.165, 1.54) is 11.8 Å². The molecule has 0 aliphatic carbocycles. The third-order valence-corrected chi connectivity index (χ3v) is 6.79. The van der Waals surface area contributed by atoms with E-state index in [-0.39, 0.29) is 24.6 Å². The van der Waals surface area contributed by atoms with Crippen LogP contribution in [0.5, 0.6) is 5.75 Å². The molecule has 0 radical (unpaired) electrons. The molecule has 33 heavy (non-hydrogen) atoms. The number of nitrogens with one attached hydrogen (secondary N) is 1. The zero-order valence-corrected chi connectivity index (χ0v) is 20.5. The summed E-state index contributed by atoms with van der Waals surface area (Å²) >= 11 is 1.52. The fourth-order valence-electron chi connectivity index (χ4n) is 3.52. The molecule has 178 valence electrons. The summed E-state index contributed by atoms with van der Waals surface area (Å²) in [6.45, 7) is 10.3. The van der Waals surface area contributed by atoms with Gasteiger partial charge < -0.3 is 25.2 Å². The van der Waals surface area contributed by atoms with Crippen LogP contribution in [-0.2, 0) is 0 Å². The minimum atomic E-state index is -1.03. The third kappa shape index (κ3) is 5.88. The molecule has 0 spiro atoms. The van der Waals surface area contributed by atoms with Crippen molar-refractivity contribution in [1.82, 2.24) is 10.2 Å². The van der Waals surface area contributed by atoms with Gasteiger partial charge in [0, 0.05) is 30.3 Å². The van der Waals surface area contributed by atoms with Gasteiger partial charge in [-0.25, -0.2) is 4.79 Å². The summed E-state index contributed by atoms with van der Waals surface area (Å²) in [6.07, 6.45) is 7.34. The standard InChI is InChI=1S/C25H33N3O4S/c1-6-28(5)24(30)27-23-16(2)18-13-19(20(32-12-11-29)14-21(18)33-23)17-9-7-8-10-22(26-15-17)25(3,4)31/h9-10,13-15,23,29,31H,2,6-8,11-12H2,1,3-5H3,(H,27,30). The highest BCUT2D eigenvalue weighted by atomic mass is 32.2. The molecule has 3 rings (SSSR count). The number of rotatable bonds is 7. The van der Waals surface area contributed by atoms with Gasteiger partial charge in [0.2, 0.25) is 0 Å². The summed E-state index contributed by atoms with van der Waals surface area (Å²) < 4.78 is 5.88. The van der Waals surface area contributed by atoms with Crippen LogP contribution in [0.2, 0.25) is 0 Å². The van der Waals surface area contributed by atoms with Crippen molar-refractivity contribution in [3.8, 4) is 5.75 Å². The summed E-state index contributed by atoms with van der Waals surface area (Å²) in [7, 11) is 1.75. The van der Waals surface area contributed by atoms with Gasteiger partial charge >= 0.3 is 6.03 Å². The van der Waals surface area contributed by atoms with E-state index in [1.807, 2.05) is 25.1 Å². The third-order valence-electron chi connectivity index (χ3n) is 5.56.